The van der Waals surface area contributed by atoms with Crippen LogP contribution in [0, 0.1) is 11.7 Å². The summed E-state index contributed by atoms with van der Waals surface area (Å²) >= 11 is 0. The molecule has 0 spiro atoms. The Morgan fingerprint density at radius 3 is 2.50 bits per heavy atom. The Morgan fingerprint density at radius 2 is 1.83 bits per heavy atom. The van der Waals surface area contributed by atoms with E-state index < -0.39 is 0 Å². The summed E-state index contributed by atoms with van der Waals surface area (Å²) in [6, 6.07) is 16.7. The van der Waals surface area contributed by atoms with Crippen molar-refractivity contribution in [3.8, 4) is 0 Å². The predicted molar refractivity (Wildman–Crippen MR) is 91.0 cm³/mol. The molecule has 1 aliphatic rings. The Morgan fingerprint density at radius 1 is 1.12 bits per heavy atom. The second-order valence-electron chi connectivity index (χ2n) is 6.20. The number of esters is 1. The first-order chi connectivity index (χ1) is 11.7. The first kappa shape index (κ1) is 16.7. The molecule has 0 saturated carbocycles. The summed E-state index contributed by atoms with van der Waals surface area (Å²) in [5.74, 6) is -0.597. The molecule has 0 radical (unpaired) electrons. The summed E-state index contributed by atoms with van der Waals surface area (Å²) in [6.07, 6.45) is 0. The molecular formula is C20H22FNO2. The lowest BCUT2D eigenvalue weighted by molar-refractivity contribution is -0.148. The third-order valence-electron chi connectivity index (χ3n) is 4.53. The smallest absolute Gasteiger partial charge is 0.310 e. The van der Waals surface area contributed by atoms with Gasteiger partial charge in [-0.05, 0) is 30.2 Å². The summed E-state index contributed by atoms with van der Waals surface area (Å²) < 4.78 is 18.5. The minimum atomic E-state index is -0.259. The number of carbonyl (C=O) groups excluding carboxylic acids is 1. The number of benzene rings is 2. The Kier molecular flexibility index (Phi) is 5.26. The van der Waals surface area contributed by atoms with Crippen LogP contribution in [-0.2, 0) is 16.1 Å². The highest BCUT2D eigenvalue weighted by Gasteiger charge is 2.39. The largest absolute Gasteiger partial charge is 0.466 e. The van der Waals surface area contributed by atoms with E-state index in [1.807, 2.05) is 25.1 Å². The van der Waals surface area contributed by atoms with Crippen molar-refractivity contribution in [1.82, 2.24) is 4.90 Å². The van der Waals surface area contributed by atoms with Crippen LogP contribution < -0.4 is 0 Å². The third-order valence-corrected chi connectivity index (χ3v) is 4.53. The molecule has 24 heavy (non-hydrogen) atoms. The van der Waals surface area contributed by atoms with Crippen molar-refractivity contribution in [2.45, 2.75) is 19.4 Å². The van der Waals surface area contributed by atoms with Crippen molar-refractivity contribution >= 4 is 5.97 Å². The van der Waals surface area contributed by atoms with Gasteiger partial charge in [0.05, 0.1) is 12.5 Å². The summed E-state index contributed by atoms with van der Waals surface area (Å²) in [6.45, 7) is 4.43. The SMILES string of the molecule is CCOC(=O)[C@H]1CN(Cc2ccccc2)C[C@@H]1c1ccc(F)cc1. The Bertz CT molecular complexity index is 672. The number of likely N-dealkylation sites (tertiary alicyclic amines) is 1. The maximum Gasteiger partial charge on any atom is 0.310 e. The molecule has 0 N–H and O–H groups in total. The zero-order valence-electron chi connectivity index (χ0n) is 13.8. The quantitative estimate of drug-likeness (QED) is 0.786. The van der Waals surface area contributed by atoms with E-state index in [0.29, 0.717) is 13.2 Å². The standard InChI is InChI=1S/C20H22FNO2/c1-2-24-20(23)19-14-22(12-15-6-4-3-5-7-15)13-18(19)16-8-10-17(21)11-9-16/h3-11,18-19H,2,12-14H2,1H3/t18-,19+/m1/s1. The number of carbonyl (C=O) groups is 1. The molecule has 3 nitrogen and oxygen atoms in total. The third kappa shape index (κ3) is 3.82. The maximum atomic E-state index is 13.2. The lowest BCUT2D eigenvalue weighted by Gasteiger charge is -2.17. The molecule has 2 aromatic rings. The van der Waals surface area contributed by atoms with E-state index in [2.05, 4.69) is 17.0 Å². The van der Waals surface area contributed by atoms with Crippen LogP contribution in [-0.4, -0.2) is 30.6 Å². The van der Waals surface area contributed by atoms with Crippen molar-refractivity contribution < 1.29 is 13.9 Å². The highest BCUT2D eigenvalue weighted by atomic mass is 19.1. The van der Waals surface area contributed by atoms with Crippen LogP contribution in [0.4, 0.5) is 4.39 Å². The highest BCUT2D eigenvalue weighted by Crippen LogP contribution is 2.34. The monoisotopic (exact) mass is 327 g/mol. The van der Waals surface area contributed by atoms with Crippen LogP contribution in [0.2, 0.25) is 0 Å². The molecule has 1 fully saturated rings. The van der Waals surface area contributed by atoms with Gasteiger partial charge in [0.1, 0.15) is 5.82 Å². The van der Waals surface area contributed by atoms with Gasteiger partial charge in [-0.15, -0.1) is 0 Å². The Hall–Kier alpha value is -2.20. The van der Waals surface area contributed by atoms with Gasteiger partial charge in [-0.3, -0.25) is 9.69 Å². The van der Waals surface area contributed by atoms with Crippen LogP contribution in [0.1, 0.15) is 24.0 Å². The first-order valence-corrected chi connectivity index (χ1v) is 8.35. The summed E-state index contributed by atoms with van der Waals surface area (Å²) in [7, 11) is 0. The maximum absolute atomic E-state index is 13.2. The Balaban J connectivity index is 1.78. The van der Waals surface area contributed by atoms with Crippen LogP contribution in [0.3, 0.4) is 0 Å². The minimum Gasteiger partial charge on any atom is -0.466 e. The normalized spacial score (nSPS) is 20.9. The number of hydrogen-bond acceptors (Lipinski definition) is 3. The van der Waals surface area contributed by atoms with Gasteiger partial charge < -0.3 is 4.74 Å². The lowest BCUT2D eigenvalue weighted by Crippen LogP contribution is -2.25. The van der Waals surface area contributed by atoms with Gasteiger partial charge >= 0.3 is 5.97 Å². The van der Waals surface area contributed by atoms with E-state index in [0.717, 1.165) is 18.7 Å². The fraction of sp³-hybridized carbons (Fsp3) is 0.350. The number of nitrogens with zero attached hydrogens (tertiary/aromatic N) is 1. The molecule has 2 aromatic carbocycles. The second-order valence-corrected chi connectivity index (χ2v) is 6.20. The fourth-order valence-corrected chi connectivity index (χ4v) is 3.39. The number of ether oxygens (including phenoxy) is 1. The van der Waals surface area contributed by atoms with E-state index in [9.17, 15) is 9.18 Å². The van der Waals surface area contributed by atoms with Crippen molar-refractivity contribution in [3.05, 3.63) is 71.5 Å². The molecule has 126 valence electrons. The molecule has 0 aromatic heterocycles. The predicted octanol–water partition coefficient (Wildman–Crippen LogP) is 3.60. The van der Waals surface area contributed by atoms with Crippen LogP contribution in [0.15, 0.2) is 54.6 Å². The van der Waals surface area contributed by atoms with Crippen molar-refractivity contribution in [2.24, 2.45) is 5.92 Å². The van der Waals surface area contributed by atoms with Crippen molar-refractivity contribution in [2.75, 3.05) is 19.7 Å². The molecular weight excluding hydrogens is 305 g/mol. The number of rotatable bonds is 5. The van der Waals surface area contributed by atoms with Gasteiger partial charge in [-0.25, -0.2) is 4.39 Å². The minimum absolute atomic E-state index is 0.0355. The lowest BCUT2D eigenvalue weighted by atomic mass is 9.89. The van der Waals surface area contributed by atoms with E-state index >= 15 is 0 Å². The molecule has 1 heterocycles. The summed E-state index contributed by atoms with van der Waals surface area (Å²) in [5, 5.41) is 0. The molecule has 4 heteroatoms. The molecule has 0 aliphatic carbocycles. The van der Waals surface area contributed by atoms with E-state index in [1.165, 1.54) is 17.7 Å². The number of halogens is 1. The van der Waals surface area contributed by atoms with Crippen LogP contribution >= 0.6 is 0 Å². The Labute approximate surface area is 142 Å². The highest BCUT2D eigenvalue weighted by molar-refractivity contribution is 5.74. The topological polar surface area (TPSA) is 29.5 Å². The molecule has 0 bridgehead atoms. The van der Waals surface area contributed by atoms with Gasteiger partial charge in [0.2, 0.25) is 0 Å². The average molecular weight is 327 g/mol. The second kappa shape index (κ2) is 7.58. The van der Waals surface area contributed by atoms with Crippen molar-refractivity contribution in [1.29, 1.82) is 0 Å². The van der Waals surface area contributed by atoms with Gasteiger partial charge in [-0.1, -0.05) is 42.5 Å². The zero-order chi connectivity index (χ0) is 16.9. The van der Waals surface area contributed by atoms with Gasteiger partial charge in [-0.2, -0.15) is 0 Å². The van der Waals surface area contributed by atoms with E-state index in [4.69, 9.17) is 4.74 Å². The molecule has 3 rings (SSSR count). The molecule has 0 unspecified atom stereocenters. The molecule has 1 aliphatic heterocycles. The summed E-state index contributed by atoms with van der Waals surface area (Å²) in [4.78, 5) is 14.6. The summed E-state index contributed by atoms with van der Waals surface area (Å²) in [5.41, 5.74) is 2.21. The number of hydrogen-bond donors (Lipinski definition) is 0. The molecule has 0 amide bonds. The first-order valence-electron chi connectivity index (χ1n) is 8.35. The van der Waals surface area contributed by atoms with Crippen LogP contribution in [0.5, 0.6) is 0 Å². The average Bonchev–Trinajstić information content (AvgIpc) is 3.00. The van der Waals surface area contributed by atoms with Crippen LogP contribution in [0.25, 0.3) is 0 Å². The zero-order valence-corrected chi connectivity index (χ0v) is 13.8. The van der Waals surface area contributed by atoms with Crippen molar-refractivity contribution in [3.63, 3.8) is 0 Å². The van der Waals surface area contributed by atoms with Gasteiger partial charge in [0.25, 0.3) is 0 Å². The molecule has 1 saturated heterocycles. The molecule has 2 atom stereocenters. The van der Waals surface area contributed by atoms with Gasteiger partial charge in [0, 0.05) is 25.6 Å². The van der Waals surface area contributed by atoms with E-state index in [-0.39, 0.29) is 23.6 Å². The fourth-order valence-electron chi connectivity index (χ4n) is 3.39. The van der Waals surface area contributed by atoms with Gasteiger partial charge in [0.15, 0.2) is 0 Å². The van der Waals surface area contributed by atoms with E-state index in [1.54, 1.807) is 12.1 Å².